The van der Waals surface area contributed by atoms with E-state index in [1.807, 2.05) is 0 Å². The summed E-state index contributed by atoms with van der Waals surface area (Å²) in [4.78, 5) is 17.9. The summed E-state index contributed by atoms with van der Waals surface area (Å²) in [6.45, 7) is 4.62. The maximum Gasteiger partial charge on any atom is 0.335 e. The zero-order valence-corrected chi connectivity index (χ0v) is 16.0. The second-order valence-electron chi connectivity index (χ2n) is 8.54. The second-order valence-corrected chi connectivity index (χ2v) is 8.54. The molecule has 0 N–H and O–H groups in total. The van der Waals surface area contributed by atoms with Crippen LogP contribution in [0.1, 0.15) is 38.2 Å². The van der Waals surface area contributed by atoms with E-state index in [1.165, 1.54) is 37.7 Å². The maximum absolute atomic E-state index is 12.9. The first kappa shape index (κ1) is 16.4. The minimum absolute atomic E-state index is 0.0000463. The van der Waals surface area contributed by atoms with Crippen LogP contribution >= 0.6 is 0 Å². The van der Waals surface area contributed by atoms with Crippen molar-refractivity contribution in [2.75, 3.05) is 32.1 Å². The lowest BCUT2D eigenvalue weighted by molar-refractivity contribution is -0.137. The van der Waals surface area contributed by atoms with Crippen molar-refractivity contribution < 1.29 is 9.53 Å². The number of benzene rings is 1. The van der Waals surface area contributed by atoms with Crippen LogP contribution in [0.15, 0.2) is 35.9 Å². The summed E-state index contributed by atoms with van der Waals surface area (Å²) < 4.78 is 5.27. The number of fused-ring (bicyclic) bond motifs is 1. The number of carbonyl (C=O) groups excluding carboxylic acids is 1. The van der Waals surface area contributed by atoms with Crippen LogP contribution < -0.4 is 4.90 Å². The minimum atomic E-state index is -0.149. The van der Waals surface area contributed by atoms with E-state index < -0.39 is 0 Å². The Morgan fingerprint density at radius 1 is 1.27 bits per heavy atom. The van der Waals surface area contributed by atoms with Gasteiger partial charge in [-0.3, -0.25) is 4.90 Å². The van der Waals surface area contributed by atoms with Gasteiger partial charge in [0.25, 0.3) is 0 Å². The highest BCUT2D eigenvalue weighted by molar-refractivity contribution is 5.93. The van der Waals surface area contributed by atoms with E-state index in [1.54, 1.807) is 0 Å². The standard InChI is InChI=1S/C22H28N2O2/c1-4-21-10-7-12-24-13-11-22(20(21)24)16-8-5-6-9-17(16)23(2)18(22)15(14-21)19(25)26-3/h5-6,8-9,14,18,20H,4,7,10-13H2,1-3H3/t18-,20+,21+,22+/m1/s1. The van der Waals surface area contributed by atoms with Gasteiger partial charge in [-0.2, -0.15) is 0 Å². The van der Waals surface area contributed by atoms with Gasteiger partial charge in [0.1, 0.15) is 0 Å². The third kappa shape index (κ3) is 1.72. The number of hydrogen-bond acceptors (Lipinski definition) is 4. The Kier molecular flexibility index (Phi) is 3.37. The molecule has 5 rings (SSSR count). The van der Waals surface area contributed by atoms with Crippen molar-refractivity contribution in [3.8, 4) is 0 Å². The normalized spacial score (nSPS) is 37.7. The molecule has 1 spiro atoms. The zero-order chi connectivity index (χ0) is 18.1. The first-order chi connectivity index (χ1) is 12.6. The molecule has 0 bridgehead atoms. The van der Waals surface area contributed by atoms with E-state index in [2.05, 4.69) is 54.1 Å². The monoisotopic (exact) mass is 352 g/mol. The average Bonchev–Trinajstić information content (AvgIpc) is 3.19. The molecule has 4 atom stereocenters. The van der Waals surface area contributed by atoms with E-state index in [0.29, 0.717) is 6.04 Å². The number of carbonyl (C=O) groups is 1. The quantitative estimate of drug-likeness (QED) is 0.766. The fourth-order valence-electron chi connectivity index (χ4n) is 6.95. The molecule has 1 aromatic rings. The third-order valence-corrected chi connectivity index (χ3v) is 7.78. The number of piperidine rings is 1. The number of esters is 1. The van der Waals surface area contributed by atoms with Gasteiger partial charge in [-0.05, 0) is 50.4 Å². The molecule has 4 heteroatoms. The smallest absolute Gasteiger partial charge is 0.335 e. The number of likely N-dealkylation sites (N-methyl/N-ethyl adjacent to an activating group) is 1. The first-order valence-corrected chi connectivity index (χ1v) is 9.96. The van der Waals surface area contributed by atoms with Gasteiger partial charge in [0, 0.05) is 29.6 Å². The van der Waals surface area contributed by atoms with Gasteiger partial charge >= 0.3 is 5.97 Å². The Bertz CT molecular complexity index is 803. The van der Waals surface area contributed by atoms with Crippen molar-refractivity contribution in [1.29, 1.82) is 0 Å². The maximum atomic E-state index is 12.9. The predicted molar refractivity (Wildman–Crippen MR) is 102 cm³/mol. The number of para-hydroxylation sites is 1. The number of hydrogen-bond donors (Lipinski definition) is 0. The second kappa shape index (κ2) is 5.35. The van der Waals surface area contributed by atoms with Crippen LogP contribution in [0.2, 0.25) is 0 Å². The highest BCUT2D eigenvalue weighted by Crippen LogP contribution is 2.64. The fraction of sp³-hybridized carbons (Fsp3) is 0.591. The molecule has 0 aromatic heterocycles. The zero-order valence-electron chi connectivity index (χ0n) is 16.0. The van der Waals surface area contributed by atoms with Gasteiger partial charge in [-0.25, -0.2) is 4.79 Å². The molecule has 0 amide bonds. The van der Waals surface area contributed by atoms with Crippen LogP contribution in [0.4, 0.5) is 5.69 Å². The van der Waals surface area contributed by atoms with Gasteiger partial charge in [0.2, 0.25) is 0 Å². The van der Waals surface area contributed by atoms with Crippen molar-refractivity contribution >= 4 is 11.7 Å². The fourth-order valence-corrected chi connectivity index (χ4v) is 6.95. The Balaban J connectivity index is 1.82. The van der Waals surface area contributed by atoms with Crippen molar-refractivity contribution in [1.82, 2.24) is 4.90 Å². The molecule has 4 nitrogen and oxygen atoms in total. The molecule has 1 aliphatic carbocycles. The van der Waals surface area contributed by atoms with Crippen LogP contribution in [0, 0.1) is 5.41 Å². The third-order valence-electron chi connectivity index (χ3n) is 7.78. The summed E-state index contributed by atoms with van der Waals surface area (Å²) in [5, 5.41) is 0. The summed E-state index contributed by atoms with van der Waals surface area (Å²) in [5.41, 5.74) is 3.68. The Hall–Kier alpha value is -1.81. The number of nitrogens with zero attached hydrogens (tertiary/aromatic N) is 2. The van der Waals surface area contributed by atoms with Crippen LogP contribution in [0.5, 0.6) is 0 Å². The summed E-state index contributed by atoms with van der Waals surface area (Å²) in [6, 6.07) is 9.38. The molecule has 0 saturated carbocycles. The Morgan fingerprint density at radius 3 is 2.85 bits per heavy atom. The summed E-state index contributed by atoms with van der Waals surface area (Å²) in [5.74, 6) is -0.149. The Morgan fingerprint density at radius 2 is 2.08 bits per heavy atom. The minimum Gasteiger partial charge on any atom is -0.466 e. The van der Waals surface area contributed by atoms with E-state index in [-0.39, 0.29) is 22.8 Å². The van der Waals surface area contributed by atoms with E-state index >= 15 is 0 Å². The lowest BCUT2D eigenvalue weighted by atomic mass is 9.53. The number of anilines is 1. The Labute approximate surface area is 155 Å². The van der Waals surface area contributed by atoms with Crippen LogP contribution in [-0.4, -0.2) is 50.2 Å². The lowest BCUT2D eigenvalue weighted by Crippen LogP contribution is -2.64. The molecule has 4 aliphatic rings. The SMILES string of the molecule is CC[C@@]12C=C(C(=O)OC)[C@H]3N(C)c4ccccc4[C@@]34CCN(CCC1)[C@@H]24. The first-order valence-electron chi connectivity index (χ1n) is 9.96. The van der Waals surface area contributed by atoms with Crippen LogP contribution in [-0.2, 0) is 14.9 Å². The molecular weight excluding hydrogens is 324 g/mol. The number of methoxy groups -OCH3 is 1. The summed E-state index contributed by atoms with van der Waals surface area (Å²) >= 11 is 0. The van der Waals surface area contributed by atoms with E-state index in [4.69, 9.17) is 4.74 Å². The van der Waals surface area contributed by atoms with Gasteiger partial charge < -0.3 is 9.64 Å². The molecule has 2 saturated heterocycles. The molecule has 26 heavy (non-hydrogen) atoms. The van der Waals surface area contributed by atoms with Gasteiger partial charge in [-0.1, -0.05) is 31.2 Å². The largest absolute Gasteiger partial charge is 0.466 e. The van der Waals surface area contributed by atoms with Gasteiger partial charge in [0.15, 0.2) is 0 Å². The molecule has 1 aromatic carbocycles. The van der Waals surface area contributed by atoms with Crippen molar-refractivity contribution in [2.24, 2.45) is 5.41 Å². The number of ether oxygens (including phenoxy) is 1. The summed E-state index contributed by atoms with van der Waals surface area (Å²) in [6.07, 6.45) is 6.92. The molecular formula is C22H28N2O2. The van der Waals surface area contributed by atoms with Gasteiger partial charge in [0.05, 0.1) is 18.7 Å². The molecule has 0 unspecified atom stereocenters. The molecule has 3 heterocycles. The van der Waals surface area contributed by atoms with Crippen LogP contribution in [0.3, 0.4) is 0 Å². The summed E-state index contributed by atoms with van der Waals surface area (Å²) in [7, 11) is 3.67. The van der Waals surface area contributed by atoms with E-state index in [9.17, 15) is 4.79 Å². The highest BCUT2D eigenvalue weighted by Gasteiger charge is 2.68. The predicted octanol–water partition coefficient (Wildman–Crippen LogP) is 3.12. The molecule has 2 fully saturated rings. The van der Waals surface area contributed by atoms with Crippen molar-refractivity contribution in [3.05, 3.63) is 41.5 Å². The van der Waals surface area contributed by atoms with Crippen molar-refractivity contribution in [2.45, 2.75) is 50.1 Å². The highest BCUT2D eigenvalue weighted by atomic mass is 16.5. The van der Waals surface area contributed by atoms with Gasteiger partial charge in [-0.15, -0.1) is 0 Å². The molecule has 0 radical (unpaired) electrons. The van der Waals surface area contributed by atoms with Crippen molar-refractivity contribution in [3.63, 3.8) is 0 Å². The lowest BCUT2D eigenvalue weighted by Gasteiger charge is -2.56. The van der Waals surface area contributed by atoms with Crippen LogP contribution in [0.25, 0.3) is 0 Å². The molecule has 3 aliphatic heterocycles. The molecule has 138 valence electrons. The average molecular weight is 352 g/mol. The van der Waals surface area contributed by atoms with E-state index in [0.717, 1.165) is 25.0 Å². The number of rotatable bonds is 2. The topological polar surface area (TPSA) is 32.8 Å².